The molecule has 2 heterocycles. The molecule has 2 atom stereocenters. The lowest BCUT2D eigenvalue weighted by Gasteiger charge is -2.61. The van der Waals surface area contributed by atoms with Crippen LogP contribution in [-0.4, -0.2) is 51.6 Å². The van der Waals surface area contributed by atoms with Crippen molar-refractivity contribution < 1.29 is 8.42 Å². The summed E-state index contributed by atoms with van der Waals surface area (Å²) in [7, 11) is -3.45. The first-order valence-electron chi connectivity index (χ1n) is 9.91. The normalized spacial score (nSPS) is 41.0. The number of hydrogen-bond donors (Lipinski definition) is 1. The van der Waals surface area contributed by atoms with Crippen molar-refractivity contribution in [1.29, 1.82) is 0 Å². The number of nitrogens with zero attached hydrogens (tertiary/aromatic N) is 5. The summed E-state index contributed by atoms with van der Waals surface area (Å²) in [6, 6.07) is 0. The van der Waals surface area contributed by atoms with Gasteiger partial charge in [-0.3, -0.25) is 0 Å². The van der Waals surface area contributed by atoms with Gasteiger partial charge in [0, 0.05) is 18.6 Å². The third kappa shape index (κ3) is 2.70. The van der Waals surface area contributed by atoms with Crippen LogP contribution in [0.1, 0.15) is 58.3 Å². The van der Waals surface area contributed by atoms with Crippen LogP contribution < -0.4 is 4.72 Å². The van der Waals surface area contributed by atoms with Crippen molar-refractivity contribution in [2.75, 3.05) is 13.1 Å². The molecule has 26 heavy (non-hydrogen) atoms. The lowest BCUT2D eigenvalue weighted by molar-refractivity contribution is -0.0772. The number of piperidine rings is 1. The summed E-state index contributed by atoms with van der Waals surface area (Å²) in [4.78, 5) is 1.77. The van der Waals surface area contributed by atoms with Crippen LogP contribution in [0.5, 0.6) is 0 Å². The molecule has 5 fully saturated rings. The fourth-order valence-corrected chi connectivity index (χ4v) is 8.12. The first-order chi connectivity index (χ1) is 12.4. The van der Waals surface area contributed by atoms with E-state index in [1.54, 1.807) is 9.10 Å². The second-order valence-corrected chi connectivity index (χ2v) is 11.1. The van der Waals surface area contributed by atoms with Crippen LogP contribution >= 0.6 is 0 Å². The largest absolute Gasteiger partial charge is 0.279 e. The average Bonchev–Trinajstić information content (AvgIpc) is 3.08. The molecule has 1 aromatic heterocycles. The van der Waals surface area contributed by atoms with E-state index in [1.165, 1.54) is 12.7 Å². The summed E-state index contributed by atoms with van der Waals surface area (Å²) in [5.74, 6) is 1.71. The average molecular weight is 381 g/mol. The summed E-state index contributed by atoms with van der Waals surface area (Å²) in [6.45, 7) is 3.47. The van der Waals surface area contributed by atoms with Gasteiger partial charge < -0.3 is 0 Å². The maximum Gasteiger partial charge on any atom is 0.279 e. The Balaban J connectivity index is 1.42. The third-order valence-corrected chi connectivity index (χ3v) is 8.97. The molecule has 5 aliphatic rings. The van der Waals surface area contributed by atoms with Crippen LogP contribution in [0.3, 0.4) is 0 Å². The topological polar surface area (TPSA) is 93.0 Å². The second kappa shape index (κ2) is 5.72. The minimum absolute atomic E-state index is 0.167. The van der Waals surface area contributed by atoms with Gasteiger partial charge >= 0.3 is 0 Å². The molecule has 8 nitrogen and oxygen atoms in total. The molecule has 0 amide bonds. The number of aromatic nitrogens is 4. The maximum atomic E-state index is 13.1. The predicted molar refractivity (Wildman–Crippen MR) is 95.2 cm³/mol. The molecule has 4 bridgehead atoms. The molecule has 1 N–H and O–H groups in total. The number of tetrazole rings is 1. The molecule has 0 aromatic carbocycles. The van der Waals surface area contributed by atoms with Gasteiger partial charge in [0.1, 0.15) is 0 Å². The SMILES string of the molecule is CC1CCN(S(=O)(=O)NC23CC4CC(C2)CC(n2ncnn2)(C4)C3)CC1. The van der Waals surface area contributed by atoms with Crippen molar-refractivity contribution in [3.05, 3.63) is 6.33 Å². The molecule has 2 unspecified atom stereocenters. The van der Waals surface area contributed by atoms with E-state index in [9.17, 15) is 8.42 Å². The Bertz CT molecular complexity index is 757. The first kappa shape index (κ1) is 17.1. The van der Waals surface area contributed by atoms with Gasteiger partial charge in [0.05, 0.1) is 5.54 Å². The van der Waals surface area contributed by atoms with Crippen molar-refractivity contribution >= 4 is 10.2 Å². The van der Waals surface area contributed by atoms with Crippen molar-refractivity contribution in [2.45, 2.75) is 69.4 Å². The van der Waals surface area contributed by atoms with Gasteiger partial charge in [-0.1, -0.05) is 6.92 Å². The zero-order valence-electron chi connectivity index (χ0n) is 15.3. The van der Waals surface area contributed by atoms with Gasteiger partial charge in [-0.25, -0.2) is 0 Å². The van der Waals surface area contributed by atoms with Crippen LogP contribution in [0.2, 0.25) is 0 Å². The van der Waals surface area contributed by atoms with E-state index in [2.05, 4.69) is 27.1 Å². The molecule has 1 aromatic rings. The Morgan fingerprint density at radius 2 is 1.81 bits per heavy atom. The maximum absolute atomic E-state index is 13.1. The minimum Gasteiger partial charge on any atom is -0.196 e. The standard InChI is InChI=1S/C17H28N6O2S/c1-13-2-4-22(5-3-13)26(24,25)20-16-7-14-6-15(8-16)10-17(9-14,11-16)23-19-12-18-21-23/h12-15,20H,2-11H2,1H3. The number of nitrogens with one attached hydrogen (secondary N) is 1. The summed E-state index contributed by atoms with van der Waals surface area (Å²) in [5.41, 5.74) is -0.515. The Hall–Kier alpha value is -1.06. The minimum atomic E-state index is -3.45. The highest BCUT2D eigenvalue weighted by Gasteiger charge is 2.60. The lowest BCUT2D eigenvalue weighted by Crippen LogP contribution is -2.67. The molecule has 0 spiro atoms. The van der Waals surface area contributed by atoms with Crippen molar-refractivity contribution in [3.8, 4) is 0 Å². The molecular weight excluding hydrogens is 352 g/mol. The van der Waals surface area contributed by atoms with Crippen molar-refractivity contribution in [2.24, 2.45) is 17.8 Å². The highest BCUT2D eigenvalue weighted by Crippen LogP contribution is 2.60. The van der Waals surface area contributed by atoms with Gasteiger partial charge in [0.2, 0.25) is 0 Å². The van der Waals surface area contributed by atoms with Crippen molar-refractivity contribution in [3.63, 3.8) is 0 Å². The smallest absolute Gasteiger partial charge is 0.196 e. The quantitative estimate of drug-likeness (QED) is 0.849. The van der Waals surface area contributed by atoms with E-state index in [0.29, 0.717) is 30.8 Å². The summed E-state index contributed by atoms with van der Waals surface area (Å²) < 4.78 is 31.1. The second-order valence-electron chi connectivity index (χ2n) is 9.38. The highest BCUT2D eigenvalue weighted by atomic mass is 32.2. The lowest BCUT2D eigenvalue weighted by atomic mass is 9.50. The molecule has 6 rings (SSSR count). The number of hydrogen-bond acceptors (Lipinski definition) is 5. The molecular formula is C17H28N6O2S. The van der Waals surface area contributed by atoms with Crippen LogP contribution in [0.15, 0.2) is 6.33 Å². The Labute approximate surface area is 154 Å². The molecule has 1 saturated heterocycles. The number of rotatable bonds is 4. The fraction of sp³-hybridized carbons (Fsp3) is 0.941. The predicted octanol–water partition coefficient (Wildman–Crippen LogP) is 1.29. The molecule has 0 radical (unpaired) electrons. The van der Waals surface area contributed by atoms with E-state index >= 15 is 0 Å². The molecule has 1 aliphatic heterocycles. The fourth-order valence-electron chi connectivity index (χ4n) is 6.52. The molecule has 9 heteroatoms. The summed E-state index contributed by atoms with van der Waals surface area (Å²) in [5, 5.41) is 12.5. The van der Waals surface area contributed by atoms with E-state index in [4.69, 9.17) is 0 Å². The van der Waals surface area contributed by atoms with E-state index in [-0.39, 0.29) is 11.1 Å². The van der Waals surface area contributed by atoms with E-state index in [1.807, 2.05) is 0 Å². The summed E-state index contributed by atoms with van der Waals surface area (Å²) in [6.07, 6.45) is 9.37. The zero-order valence-corrected chi connectivity index (χ0v) is 16.2. The molecule has 4 saturated carbocycles. The Morgan fingerprint density at radius 3 is 2.42 bits per heavy atom. The van der Waals surface area contributed by atoms with Gasteiger partial charge in [-0.2, -0.15) is 22.2 Å². The highest BCUT2D eigenvalue weighted by molar-refractivity contribution is 7.87. The van der Waals surface area contributed by atoms with E-state index < -0.39 is 10.2 Å². The molecule has 144 valence electrons. The zero-order chi connectivity index (χ0) is 18.0. The van der Waals surface area contributed by atoms with Crippen molar-refractivity contribution in [1.82, 2.24) is 29.2 Å². The molecule has 4 aliphatic carbocycles. The van der Waals surface area contributed by atoms with Crippen LogP contribution in [0, 0.1) is 17.8 Å². The third-order valence-electron chi connectivity index (χ3n) is 7.23. The van der Waals surface area contributed by atoms with Crippen LogP contribution in [-0.2, 0) is 15.7 Å². The summed E-state index contributed by atoms with van der Waals surface area (Å²) >= 11 is 0. The van der Waals surface area contributed by atoms with Gasteiger partial charge in [0.25, 0.3) is 10.2 Å². The van der Waals surface area contributed by atoms with Gasteiger partial charge in [0.15, 0.2) is 6.33 Å². The first-order valence-corrected chi connectivity index (χ1v) is 11.3. The Morgan fingerprint density at radius 1 is 1.12 bits per heavy atom. The van der Waals surface area contributed by atoms with Gasteiger partial charge in [-0.05, 0) is 74.3 Å². The monoisotopic (exact) mass is 380 g/mol. The Kier molecular flexibility index (Phi) is 3.75. The van der Waals surface area contributed by atoms with Crippen LogP contribution in [0.25, 0.3) is 0 Å². The van der Waals surface area contributed by atoms with Gasteiger partial charge in [-0.15, -0.1) is 10.2 Å². The van der Waals surface area contributed by atoms with E-state index in [0.717, 1.165) is 44.9 Å². The van der Waals surface area contributed by atoms with Crippen LogP contribution in [0.4, 0.5) is 0 Å².